The van der Waals surface area contributed by atoms with E-state index in [1.807, 2.05) is 36.6 Å². The Morgan fingerprint density at radius 2 is 2.00 bits per heavy atom. The molecule has 0 aliphatic rings. The lowest BCUT2D eigenvalue weighted by molar-refractivity contribution is 0.102. The van der Waals surface area contributed by atoms with Crippen LogP contribution in [0.3, 0.4) is 0 Å². The molecule has 31 heavy (non-hydrogen) atoms. The van der Waals surface area contributed by atoms with Gasteiger partial charge < -0.3 is 13.4 Å². The van der Waals surface area contributed by atoms with E-state index < -0.39 is 9.84 Å². The zero-order chi connectivity index (χ0) is 22.2. The van der Waals surface area contributed by atoms with Crippen molar-refractivity contribution in [2.24, 2.45) is 0 Å². The van der Waals surface area contributed by atoms with E-state index in [0.29, 0.717) is 28.4 Å². The predicted octanol–water partition coefficient (Wildman–Crippen LogP) is 4.66. The molecule has 4 aromatic rings. The highest BCUT2D eigenvalue weighted by Gasteiger charge is 2.19. The fourth-order valence-electron chi connectivity index (χ4n) is 3.40. The third kappa shape index (κ3) is 4.33. The summed E-state index contributed by atoms with van der Waals surface area (Å²) in [4.78, 5) is 17.4. The molecule has 0 saturated carbocycles. The molecule has 0 fully saturated rings. The summed E-state index contributed by atoms with van der Waals surface area (Å²) in [5, 5.41) is 0.332. The summed E-state index contributed by atoms with van der Waals surface area (Å²) < 4.78 is 37.3. The van der Waals surface area contributed by atoms with Gasteiger partial charge in [-0.2, -0.15) is 0 Å². The molecule has 0 aliphatic carbocycles. The number of aryl methyl sites for hydroxylation is 1. The van der Waals surface area contributed by atoms with Crippen molar-refractivity contribution < 1.29 is 22.0 Å². The predicted molar refractivity (Wildman–Crippen MR) is 119 cm³/mol. The van der Waals surface area contributed by atoms with E-state index in [-0.39, 0.29) is 22.2 Å². The second kappa shape index (κ2) is 8.39. The molecule has 7 nitrogen and oxygen atoms in total. The number of fused-ring (bicyclic) bond motifs is 1. The Morgan fingerprint density at radius 3 is 2.71 bits per heavy atom. The van der Waals surface area contributed by atoms with E-state index in [2.05, 4.69) is 4.98 Å². The minimum absolute atomic E-state index is 0.0187. The number of furan rings is 1. The maximum Gasteiger partial charge on any atom is 0.257 e. The van der Waals surface area contributed by atoms with Crippen molar-refractivity contribution in [1.29, 1.82) is 0 Å². The molecule has 3 heterocycles. The number of rotatable bonds is 8. The summed E-state index contributed by atoms with van der Waals surface area (Å²) in [6.45, 7) is 6.05. The normalized spacial score (nSPS) is 12.0. The van der Waals surface area contributed by atoms with Crippen LogP contribution >= 0.6 is 11.8 Å². The molecule has 0 unspecified atom stereocenters. The van der Waals surface area contributed by atoms with Crippen molar-refractivity contribution in [2.45, 2.75) is 37.4 Å². The highest BCUT2D eigenvalue weighted by atomic mass is 32.2. The molecular weight excluding hydrogens is 436 g/mol. The number of sulfone groups is 1. The molecule has 0 N–H and O–H groups in total. The first-order valence-electron chi connectivity index (χ1n) is 9.77. The van der Waals surface area contributed by atoms with Gasteiger partial charge in [-0.1, -0.05) is 18.7 Å². The summed E-state index contributed by atoms with van der Waals surface area (Å²) in [7, 11) is -3.32. The number of thioether (sulfide) groups is 1. The Labute approximate surface area is 184 Å². The number of carbonyl (C=O) groups excluding carboxylic acids is 1. The largest absolute Gasteiger partial charge is 0.467 e. The Hall–Kier alpha value is -2.78. The highest BCUT2D eigenvalue weighted by Crippen LogP contribution is 2.27. The molecular formula is C22H22N2O5S2. The monoisotopic (exact) mass is 458 g/mol. The van der Waals surface area contributed by atoms with Crippen LogP contribution in [0.2, 0.25) is 0 Å². The molecule has 0 radical (unpaired) electrons. The number of benzene rings is 1. The van der Waals surface area contributed by atoms with Crippen LogP contribution in [0, 0.1) is 13.8 Å². The van der Waals surface area contributed by atoms with Crippen LogP contribution in [0.1, 0.15) is 34.4 Å². The van der Waals surface area contributed by atoms with Gasteiger partial charge >= 0.3 is 0 Å². The number of nitrogens with zero attached hydrogens (tertiary/aromatic N) is 2. The molecule has 162 valence electrons. The first-order valence-corrected chi connectivity index (χ1v) is 12.4. The average Bonchev–Trinajstić information content (AvgIpc) is 3.47. The fraction of sp³-hybridized carbons (Fsp3) is 0.273. The Kier molecular flexibility index (Phi) is 5.81. The molecule has 0 amide bonds. The van der Waals surface area contributed by atoms with E-state index in [1.165, 1.54) is 23.9 Å². The number of hydrogen-bond acceptors (Lipinski definition) is 7. The molecule has 0 aliphatic heterocycles. The number of aromatic nitrogens is 2. The van der Waals surface area contributed by atoms with Crippen molar-refractivity contribution in [3.63, 3.8) is 0 Å². The second-order valence-corrected chi connectivity index (χ2v) is 10.4. The van der Waals surface area contributed by atoms with Crippen LogP contribution in [0.4, 0.5) is 0 Å². The lowest BCUT2D eigenvalue weighted by atomic mass is 10.2. The molecule has 0 spiro atoms. The van der Waals surface area contributed by atoms with Gasteiger partial charge in [-0.3, -0.25) is 4.79 Å². The Bertz CT molecular complexity index is 1350. The van der Waals surface area contributed by atoms with E-state index >= 15 is 0 Å². The van der Waals surface area contributed by atoms with E-state index in [0.717, 1.165) is 17.1 Å². The van der Waals surface area contributed by atoms with Crippen molar-refractivity contribution in [3.8, 4) is 0 Å². The molecule has 4 rings (SSSR count). The minimum atomic E-state index is -3.32. The van der Waals surface area contributed by atoms with Gasteiger partial charge in [0.25, 0.3) is 5.22 Å². The van der Waals surface area contributed by atoms with Gasteiger partial charge in [0.2, 0.25) is 0 Å². The van der Waals surface area contributed by atoms with E-state index in [1.54, 1.807) is 19.3 Å². The zero-order valence-electron chi connectivity index (χ0n) is 17.4. The molecule has 0 bridgehead atoms. The quantitative estimate of drug-likeness (QED) is 0.280. The lowest BCUT2D eigenvalue weighted by Gasteiger charge is -2.07. The zero-order valence-corrected chi connectivity index (χ0v) is 19.0. The first kappa shape index (κ1) is 21.5. The lowest BCUT2D eigenvalue weighted by Crippen LogP contribution is -2.07. The van der Waals surface area contributed by atoms with Crippen LogP contribution in [-0.4, -0.2) is 35.3 Å². The summed E-state index contributed by atoms with van der Waals surface area (Å²) in [6.07, 6.45) is 1.63. The van der Waals surface area contributed by atoms with Crippen LogP contribution in [0.15, 0.2) is 61.6 Å². The first-order chi connectivity index (χ1) is 14.8. The number of ketones is 1. The molecule has 1 aromatic carbocycles. The minimum Gasteiger partial charge on any atom is -0.467 e. The van der Waals surface area contributed by atoms with Crippen LogP contribution in [0.25, 0.3) is 11.1 Å². The summed E-state index contributed by atoms with van der Waals surface area (Å²) in [6, 6.07) is 10.2. The number of carbonyl (C=O) groups is 1. The molecule has 9 heteroatoms. The second-order valence-electron chi connectivity index (χ2n) is 7.17. The number of Topliss-reactive ketones (excluding diaryl/α,β-unsaturated/α-hetero) is 1. The van der Waals surface area contributed by atoms with Crippen LogP contribution in [0.5, 0.6) is 0 Å². The maximum absolute atomic E-state index is 12.8. The SMILES string of the molecule is CCS(=O)(=O)c1ccc2oc(SCC(=O)c3cc(C)n(Cc4ccco4)c3C)nc2c1. The van der Waals surface area contributed by atoms with Crippen molar-refractivity contribution >= 4 is 38.5 Å². The highest BCUT2D eigenvalue weighted by molar-refractivity contribution is 7.99. The molecule has 3 aromatic heterocycles. The van der Waals surface area contributed by atoms with Gasteiger partial charge in [0.1, 0.15) is 11.3 Å². The van der Waals surface area contributed by atoms with Crippen molar-refractivity contribution in [2.75, 3.05) is 11.5 Å². The smallest absolute Gasteiger partial charge is 0.257 e. The Morgan fingerprint density at radius 1 is 1.19 bits per heavy atom. The summed E-state index contributed by atoms with van der Waals surface area (Å²) >= 11 is 1.19. The average molecular weight is 459 g/mol. The van der Waals surface area contributed by atoms with Gasteiger partial charge in [-0.15, -0.1) is 0 Å². The third-order valence-electron chi connectivity index (χ3n) is 5.17. The van der Waals surface area contributed by atoms with Gasteiger partial charge in [-0.25, -0.2) is 13.4 Å². The van der Waals surface area contributed by atoms with Crippen molar-refractivity contribution in [3.05, 3.63) is 65.4 Å². The van der Waals surface area contributed by atoms with Gasteiger partial charge in [0.15, 0.2) is 21.2 Å². The number of oxazole rings is 1. The topological polar surface area (TPSA) is 95.3 Å². The van der Waals surface area contributed by atoms with Crippen LogP contribution in [-0.2, 0) is 16.4 Å². The standard InChI is InChI=1S/C22H22N2O5S2/c1-4-31(26,27)17-7-8-21-19(11-17)23-22(29-21)30-13-20(25)18-10-14(2)24(15(18)3)12-16-6-5-9-28-16/h5-11H,4,12-13H2,1-3H3. The van der Waals surface area contributed by atoms with Crippen molar-refractivity contribution in [1.82, 2.24) is 9.55 Å². The molecule has 0 atom stereocenters. The summed E-state index contributed by atoms with van der Waals surface area (Å²) in [5.74, 6) is 0.981. The Balaban J connectivity index is 1.49. The van der Waals surface area contributed by atoms with Crippen LogP contribution < -0.4 is 0 Å². The maximum atomic E-state index is 12.8. The van der Waals surface area contributed by atoms with E-state index in [9.17, 15) is 13.2 Å². The molecule has 0 saturated heterocycles. The van der Waals surface area contributed by atoms with Gasteiger partial charge in [0.05, 0.1) is 29.2 Å². The van der Waals surface area contributed by atoms with Gasteiger partial charge in [-0.05, 0) is 50.2 Å². The summed E-state index contributed by atoms with van der Waals surface area (Å²) in [5.41, 5.74) is 3.46. The van der Waals surface area contributed by atoms with E-state index in [4.69, 9.17) is 8.83 Å². The number of hydrogen-bond donors (Lipinski definition) is 0. The fourth-order valence-corrected chi connectivity index (χ4v) is 5.02. The third-order valence-corrected chi connectivity index (χ3v) is 7.73. The van der Waals surface area contributed by atoms with Gasteiger partial charge in [0, 0.05) is 17.0 Å².